The Hall–Kier alpha value is -3.41. The molecule has 0 fully saturated rings. The second-order valence-electron chi connectivity index (χ2n) is 5.68. The summed E-state index contributed by atoms with van der Waals surface area (Å²) in [6, 6.07) is 14.7. The predicted octanol–water partition coefficient (Wildman–Crippen LogP) is 3.37. The minimum Gasteiger partial charge on any atom is -0.464 e. The monoisotopic (exact) mass is 350 g/mol. The molecule has 0 atom stereocenters. The Morgan fingerprint density at radius 3 is 2.62 bits per heavy atom. The molecule has 6 nitrogen and oxygen atoms in total. The number of nitrogens with zero attached hydrogens (tertiary/aromatic N) is 1. The molecule has 0 bridgehead atoms. The molecule has 0 saturated carbocycles. The fourth-order valence-electron chi connectivity index (χ4n) is 2.64. The van der Waals surface area contributed by atoms with Gasteiger partial charge in [-0.1, -0.05) is 42.5 Å². The van der Waals surface area contributed by atoms with Gasteiger partial charge in [-0.25, -0.2) is 9.78 Å². The smallest absolute Gasteiger partial charge is 0.360 e. The van der Waals surface area contributed by atoms with Crippen LogP contribution in [0.15, 0.2) is 59.3 Å². The Labute approximate surface area is 150 Å². The molecule has 1 amide bonds. The number of carbonyl (C=O) groups is 2. The zero-order valence-corrected chi connectivity index (χ0v) is 14.5. The van der Waals surface area contributed by atoms with Crippen molar-refractivity contribution < 1.29 is 18.7 Å². The molecule has 3 rings (SSSR count). The summed E-state index contributed by atoms with van der Waals surface area (Å²) in [5.41, 5.74) is 3.04. The van der Waals surface area contributed by atoms with Gasteiger partial charge in [0, 0.05) is 12.1 Å². The van der Waals surface area contributed by atoms with E-state index in [1.54, 1.807) is 24.3 Å². The maximum Gasteiger partial charge on any atom is 0.360 e. The van der Waals surface area contributed by atoms with Crippen molar-refractivity contribution in [2.75, 3.05) is 7.11 Å². The van der Waals surface area contributed by atoms with Crippen molar-refractivity contribution >= 4 is 11.9 Å². The van der Waals surface area contributed by atoms with E-state index in [-0.39, 0.29) is 17.4 Å². The summed E-state index contributed by atoms with van der Waals surface area (Å²) in [5, 5.41) is 2.90. The Kier molecular flexibility index (Phi) is 5.12. The summed E-state index contributed by atoms with van der Waals surface area (Å²) >= 11 is 0. The number of benzene rings is 2. The van der Waals surface area contributed by atoms with Crippen LogP contribution < -0.4 is 5.32 Å². The van der Waals surface area contributed by atoms with Gasteiger partial charge in [-0.2, -0.15) is 0 Å². The summed E-state index contributed by atoms with van der Waals surface area (Å²) in [5.74, 6) is -0.682. The number of rotatable bonds is 5. The van der Waals surface area contributed by atoms with E-state index in [1.807, 2.05) is 31.2 Å². The fourth-order valence-corrected chi connectivity index (χ4v) is 2.64. The van der Waals surface area contributed by atoms with E-state index in [0.717, 1.165) is 17.5 Å². The quantitative estimate of drug-likeness (QED) is 0.714. The molecule has 0 saturated heterocycles. The lowest BCUT2D eigenvalue weighted by Crippen LogP contribution is -2.24. The van der Waals surface area contributed by atoms with E-state index in [2.05, 4.69) is 10.3 Å². The number of nitrogens with one attached hydrogen (secondary N) is 1. The van der Waals surface area contributed by atoms with Crippen molar-refractivity contribution in [1.82, 2.24) is 10.3 Å². The Morgan fingerprint density at radius 2 is 1.85 bits per heavy atom. The summed E-state index contributed by atoms with van der Waals surface area (Å²) in [6.45, 7) is 2.40. The van der Waals surface area contributed by atoms with Gasteiger partial charge in [0.15, 0.2) is 17.8 Å². The standard InChI is InChI=1S/C20H18N2O4/c1-13-7-3-4-8-14(13)11-21-19(23)16-10-6-5-9-15(16)18-17(20(24)25-2)22-12-26-18/h3-10,12H,11H2,1-2H3,(H,21,23). The number of hydrogen-bond acceptors (Lipinski definition) is 5. The average Bonchev–Trinajstić information content (AvgIpc) is 3.16. The van der Waals surface area contributed by atoms with Gasteiger partial charge in [0.05, 0.1) is 12.7 Å². The molecule has 2 aromatic carbocycles. The molecular formula is C20H18N2O4. The first kappa shape index (κ1) is 17.4. The second kappa shape index (κ2) is 7.65. The molecule has 0 aliphatic rings. The highest BCUT2D eigenvalue weighted by molar-refractivity contribution is 6.03. The van der Waals surface area contributed by atoms with Gasteiger partial charge in [-0.3, -0.25) is 4.79 Å². The Balaban J connectivity index is 1.88. The van der Waals surface area contributed by atoms with Crippen LogP contribution in [0.25, 0.3) is 11.3 Å². The van der Waals surface area contributed by atoms with Crippen LogP contribution in [0.4, 0.5) is 0 Å². The lowest BCUT2D eigenvalue weighted by atomic mass is 10.0. The highest BCUT2D eigenvalue weighted by Gasteiger charge is 2.23. The van der Waals surface area contributed by atoms with E-state index in [9.17, 15) is 9.59 Å². The van der Waals surface area contributed by atoms with Crippen LogP contribution in [-0.2, 0) is 11.3 Å². The summed E-state index contributed by atoms with van der Waals surface area (Å²) in [6.07, 6.45) is 1.16. The van der Waals surface area contributed by atoms with Crippen molar-refractivity contribution in [2.24, 2.45) is 0 Å². The Morgan fingerprint density at radius 1 is 1.12 bits per heavy atom. The third kappa shape index (κ3) is 3.49. The van der Waals surface area contributed by atoms with Gasteiger partial charge in [0.1, 0.15) is 0 Å². The maximum atomic E-state index is 12.7. The van der Waals surface area contributed by atoms with Crippen molar-refractivity contribution in [3.8, 4) is 11.3 Å². The number of hydrogen-bond donors (Lipinski definition) is 1. The van der Waals surface area contributed by atoms with Gasteiger partial charge in [-0.15, -0.1) is 0 Å². The fraction of sp³-hybridized carbons (Fsp3) is 0.150. The molecule has 0 unspecified atom stereocenters. The second-order valence-corrected chi connectivity index (χ2v) is 5.68. The van der Waals surface area contributed by atoms with E-state index in [0.29, 0.717) is 17.7 Å². The third-order valence-electron chi connectivity index (χ3n) is 4.06. The number of amides is 1. The minimum atomic E-state index is -0.621. The number of esters is 1. The molecule has 26 heavy (non-hydrogen) atoms. The number of aryl methyl sites for hydroxylation is 1. The van der Waals surface area contributed by atoms with Gasteiger partial charge in [0.2, 0.25) is 0 Å². The van der Waals surface area contributed by atoms with Crippen molar-refractivity contribution in [3.63, 3.8) is 0 Å². The molecular weight excluding hydrogens is 332 g/mol. The topological polar surface area (TPSA) is 81.4 Å². The largest absolute Gasteiger partial charge is 0.464 e. The van der Waals surface area contributed by atoms with Gasteiger partial charge in [-0.05, 0) is 24.1 Å². The van der Waals surface area contributed by atoms with Gasteiger partial charge in [0.25, 0.3) is 5.91 Å². The lowest BCUT2D eigenvalue weighted by Gasteiger charge is -2.10. The van der Waals surface area contributed by atoms with Gasteiger partial charge < -0.3 is 14.5 Å². The number of ether oxygens (including phenoxy) is 1. The van der Waals surface area contributed by atoms with Crippen LogP contribution in [0.3, 0.4) is 0 Å². The van der Waals surface area contributed by atoms with Crippen LogP contribution in [0.2, 0.25) is 0 Å². The van der Waals surface area contributed by atoms with Crippen LogP contribution in [0.5, 0.6) is 0 Å². The summed E-state index contributed by atoms with van der Waals surface area (Å²) in [7, 11) is 1.27. The molecule has 1 aromatic heterocycles. The number of carbonyl (C=O) groups excluding carboxylic acids is 2. The molecule has 3 aromatic rings. The van der Waals surface area contributed by atoms with Crippen LogP contribution in [-0.4, -0.2) is 24.0 Å². The third-order valence-corrected chi connectivity index (χ3v) is 4.06. The van der Waals surface area contributed by atoms with Crippen LogP contribution in [0.1, 0.15) is 32.0 Å². The minimum absolute atomic E-state index is 0.0339. The predicted molar refractivity (Wildman–Crippen MR) is 95.6 cm³/mol. The highest BCUT2D eigenvalue weighted by Crippen LogP contribution is 2.27. The zero-order chi connectivity index (χ0) is 18.5. The van der Waals surface area contributed by atoms with E-state index >= 15 is 0 Å². The van der Waals surface area contributed by atoms with Crippen molar-refractivity contribution in [2.45, 2.75) is 13.5 Å². The molecule has 1 N–H and O–H groups in total. The molecule has 0 aliphatic carbocycles. The SMILES string of the molecule is COC(=O)c1ncoc1-c1ccccc1C(=O)NCc1ccccc1C. The van der Waals surface area contributed by atoms with Gasteiger partial charge >= 0.3 is 5.97 Å². The molecule has 0 aliphatic heterocycles. The first-order valence-electron chi connectivity index (χ1n) is 8.05. The lowest BCUT2D eigenvalue weighted by molar-refractivity contribution is 0.0595. The highest BCUT2D eigenvalue weighted by atomic mass is 16.5. The number of oxazole rings is 1. The van der Waals surface area contributed by atoms with E-state index in [4.69, 9.17) is 9.15 Å². The molecule has 0 spiro atoms. The normalized spacial score (nSPS) is 10.4. The summed E-state index contributed by atoms with van der Waals surface area (Å²) < 4.78 is 10.1. The number of methoxy groups -OCH3 is 1. The maximum absolute atomic E-state index is 12.7. The number of aromatic nitrogens is 1. The molecule has 132 valence electrons. The molecule has 0 radical (unpaired) electrons. The Bertz CT molecular complexity index is 946. The first-order valence-corrected chi connectivity index (χ1v) is 8.05. The van der Waals surface area contributed by atoms with Crippen LogP contribution in [0, 0.1) is 6.92 Å². The van der Waals surface area contributed by atoms with E-state index in [1.165, 1.54) is 7.11 Å². The summed E-state index contributed by atoms with van der Waals surface area (Å²) in [4.78, 5) is 28.5. The van der Waals surface area contributed by atoms with E-state index < -0.39 is 5.97 Å². The first-order chi connectivity index (χ1) is 12.6. The average molecular weight is 350 g/mol. The molecule has 1 heterocycles. The van der Waals surface area contributed by atoms with Crippen molar-refractivity contribution in [3.05, 3.63) is 77.3 Å². The zero-order valence-electron chi connectivity index (χ0n) is 14.5. The molecule has 6 heteroatoms. The van der Waals surface area contributed by atoms with Crippen LogP contribution >= 0.6 is 0 Å². The van der Waals surface area contributed by atoms with Crippen molar-refractivity contribution in [1.29, 1.82) is 0 Å².